The number of thiazole rings is 1. The van der Waals surface area contributed by atoms with E-state index in [1.165, 1.54) is 11.3 Å². The Hall–Kier alpha value is -1.50. The SMILES string of the molecule is O=C(N[C@@H]1C[C@@H](CO)[C@H](O)C1)c1nc2ccccc2s1. The predicted molar refractivity (Wildman–Crippen MR) is 76.7 cm³/mol. The van der Waals surface area contributed by atoms with Crippen LogP contribution in [0.3, 0.4) is 0 Å². The van der Waals surface area contributed by atoms with Gasteiger partial charge in [0.1, 0.15) is 0 Å². The van der Waals surface area contributed by atoms with E-state index in [0.29, 0.717) is 17.8 Å². The quantitative estimate of drug-likeness (QED) is 0.793. The zero-order valence-electron chi connectivity index (χ0n) is 10.8. The summed E-state index contributed by atoms with van der Waals surface area (Å²) in [7, 11) is 0. The number of fused-ring (bicyclic) bond motifs is 1. The van der Waals surface area contributed by atoms with E-state index in [1.54, 1.807) is 0 Å². The highest BCUT2D eigenvalue weighted by atomic mass is 32.1. The number of carbonyl (C=O) groups excluding carboxylic acids is 1. The molecule has 1 amide bonds. The van der Waals surface area contributed by atoms with Gasteiger partial charge in [0.05, 0.1) is 16.3 Å². The van der Waals surface area contributed by atoms with Crippen molar-refractivity contribution in [2.45, 2.75) is 25.0 Å². The summed E-state index contributed by atoms with van der Waals surface area (Å²) in [6, 6.07) is 7.53. The van der Waals surface area contributed by atoms with Gasteiger partial charge < -0.3 is 15.5 Å². The zero-order valence-corrected chi connectivity index (χ0v) is 11.6. The van der Waals surface area contributed by atoms with Crippen LogP contribution in [0.5, 0.6) is 0 Å². The molecule has 0 saturated heterocycles. The van der Waals surface area contributed by atoms with E-state index in [-0.39, 0.29) is 24.5 Å². The van der Waals surface area contributed by atoms with E-state index >= 15 is 0 Å². The van der Waals surface area contributed by atoms with Gasteiger partial charge >= 0.3 is 0 Å². The lowest BCUT2D eigenvalue weighted by Crippen LogP contribution is -2.33. The van der Waals surface area contributed by atoms with Gasteiger partial charge in [-0.1, -0.05) is 12.1 Å². The molecule has 20 heavy (non-hydrogen) atoms. The molecule has 3 N–H and O–H groups in total. The van der Waals surface area contributed by atoms with Crippen molar-refractivity contribution in [3.8, 4) is 0 Å². The molecule has 1 saturated carbocycles. The van der Waals surface area contributed by atoms with Crippen molar-refractivity contribution in [3.63, 3.8) is 0 Å². The summed E-state index contributed by atoms with van der Waals surface area (Å²) in [6.07, 6.45) is 0.552. The Morgan fingerprint density at radius 1 is 1.40 bits per heavy atom. The molecule has 1 aliphatic carbocycles. The molecule has 1 aromatic heterocycles. The van der Waals surface area contributed by atoms with Gasteiger partial charge in [0.15, 0.2) is 5.01 Å². The van der Waals surface area contributed by atoms with E-state index in [2.05, 4.69) is 10.3 Å². The van der Waals surface area contributed by atoms with Crippen LogP contribution in [-0.2, 0) is 0 Å². The summed E-state index contributed by atoms with van der Waals surface area (Å²) in [5.74, 6) is -0.349. The van der Waals surface area contributed by atoms with Crippen molar-refractivity contribution in [2.75, 3.05) is 6.61 Å². The largest absolute Gasteiger partial charge is 0.396 e. The molecule has 0 spiro atoms. The number of nitrogens with zero attached hydrogens (tertiary/aromatic N) is 1. The summed E-state index contributed by atoms with van der Waals surface area (Å²) in [5.41, 5.74) is 0.822. The number of aliphatic hydroxyl groups excluding tert-OH is 2. The van der Waals surface area contributed by atoms with Crippen LogP contribution in [-0.4, -0.2) is 39.9 Å². The molecule has 5 nitrogen and oxygen atoms in total. The fourth-order valence-corrected chi connectivity index (χ4v) is 3.50. The molecule has 1 fully saturated rings. The Kier molecular flexibility index (Phi) is 3.69. The van der Waals surface area contributed by atoms with E-state index in [1.807, 2.05) is 24.3 Å². The van der Waals surface area contributed by atoms with Crippen molar-refractivity contribution < 1.29 is 15.0 Å². The lowest BCUT2D eigenvalue weighted by molar-refractivity contribution is 0.0903. The van der Waals surface area contributed by atoms with Crippen LogP contribution in [0, 0.1) is 5.92 Å². The fourth-order valence-electron chi connectivity index (χ4n) is 2.63. The van der Waals surface area contributed by atoms with Crippen LogP contribution in [0.2, 0.25) is 0 Å². The first-order valence-corrected chi connectivity index (χ1v) is 7.44. The molecule has 2 aromatic rings. The standard InChI is InChI=1S/C14H16N2O3S/c17-7-8-5-9(6-11(8)18)15-13(19)14-16-10-3-1-2-4-12(10)20-14/h1-4,8-9,11,17-18H,5-7H2,(H,15,19)/t8-,9+,11+/m0/s1. The van der Waals surface area contributed by atoms with Crippen molar-refractivity contribution >= 4 is 27.5 Å². The second kappa shape index (κ2) is 5.47. The van der Waals surface area contributed by atoms with Crippen LogP contribution >= 0.6 is 11.3 Å². The average Bonchev–Trinajstić information content (AvgIpc) is 3.01. The fraction of sp³-hybridized carbons (Fsp3) is 0.429. The predicted octanol–water partition coefficient (Wildman–Crippen LogP) is 1.16. The van der Waals surface area contributed by atoms with Crippen LogP contribution in [0.25, 0.3) is 10.2 Å². The number of nitrogens with one attached hydrogen (secondary N) is 1. The summed E-state index contributed by atoms with van der Waals surface area (Å²) in [5, 5.41) is 22.2. The van der Waals surface area contributed by atoms with Crippen molar-refractivity contribution in [2.24, 2.45) is 5.92 Å². The van der Waals surface area contributed by atoms with Crippen LogP contribution in [0.4, 0.5) is 0 Å². The summed E-state index contributed by atoms with van der Waals surface area (Å²) >= 11 is 1.36. The Labute approximate surface area is 120 Å². The van der Waals surface area contributed by atoms with E-state index in [0.717, 1.165) is 10.2 Å². The topological polar surface area (TPSA) is 82.5 Å². The normalized spacial score (nSPS) is 26.0. The molecular weight excluding hydrogens is 276 g/mol. The maximum atomic E-state index is 12.2. The number of amides is 1. The molecule has 3 atom stereocenters. The Morgan fingerprint density at radius 3 is 2.90 bits per heavy atom. The van der Waals surface area contributed by atoms with Gasteiger partial charge in [-0.25, -0.2) is 4.98 Å². The van der Waals surface area contributed by atoms with Crippen LogP contribution < -0.4 is 5.32 Å². The van der Waals surface area contributed by atoms with E-state index in [4.69, 9.17) is 5.11 Å². The minimum absolute atomic E-state index is 0.0469. The number of rotatable bonds is 3. The second-order valence-corrected chi connectivity index (χ2v) is 6.17. The lowest BCUT2D eigenvalue weighted by Gasteiger charge is -2.10. The zero-order chi connectivity index (χ0) is 14.1. The highest BCUT2D eigenvalue weighted by molar-refractivity contribution is 7.20. The van der Waals surface area contributed by atoms with Gasteiger partial charge in [0.25, 0.3) is 5.91 Å². The summed E-state index contributed by atoms with van der Waals surface area (Å²) in [4.78, 5) is 16.5. The first kappa shape index (κ1) is 13.5. The number of hydrogen-bond donors (Lipinski definition) is 3. The first-order valence-electron chi connectivity index (χ1n) is 6.62. The maximum Gasteiger partial charge on any atom is 0.280 e. The maximum absolute atomic E-state index is 12.2. The number of aromatic nitrogens is 1. The number of para-hydroxylation sites is 1. The van der Waals surface area contributed by atoms with Gasteiger partial charge in [0, 0.05) is 18.6 Å². The molecule has 1 aliphatic rings. The highest BCUT2D eigenvalue weighted by Gasteiger charge is 2.33. The molecule has 0 aliphatic heterocycles. The van der Waals surface area contributed by atoms with E-state index < -0.39 is 6.10 Å². The molecule has 106 valence electrons. The lowest BCUT2D eigenvalue weighted by atomic mass is 10.1. The number of carbonyl (C=O) groups is 1. The number of benzene rings is 1. The van der Waals surface area contributed by atoms with Crippen LogP contribution in [0.1, 0.15) is 22.6 Å². The third-order valence-corrected chi connectivity index (χ3v) is 4.75. The summed E-state index contributed by atoms with van der Waals surface area (Å²) < 4.78 is 0.984. The Bertz CT molecular complexity index is 595. The number of aliphatic hydroxyl groups is 2. The number of hydrogen-bond acceptors (Lipinski definition) is 5. The molecule has 0 radical (unpaired) electrons. The molecule has 1 heterocycles. The Morgan fingerprint density at radius 2 is 2.20 bits per heavy atom. The third-order valence-electron chi connectivity index (χ3n) is 3.72. The molecular formula is C14H16N2O3S. The van der Waals surface area contributed by atoms with Gasteiger partial charge in [0.2, 0.25) is 0 Å². The smallest absolute Gasteiger partial charge is 0.280 e. The molecule has 3 rings (SSSR count). The summed E-state index contributed by atoms with van der Waals surface area (Å²) in [6.45, 7) is -0.0469. The monoisotopic (exact) mass is 292 g/mol. The molecule has 0 unspecified atom stereocenters. The molecule has 6 heteroatoms. The molecule has 1 aromatic carbocycles. The van der Waals surface area contributed by atoms with Gasteiger partial charge in [-0.05, 0) is 25.0 Å². The second-order valence-electron chi connectivity index (χ2n) is 5.14. The molecule has 0 bridgehead atoms. The van der Waals surface area contributed by atoms with Gasteiger partial charge in [-0.3, -0.25) is 4.79 Å². The van der Waals surface area contributed by atoms with Crippen LogP contribution in [0.15, 0.2) is 24.3 Å². The Balaban J connectivity index is 1.70. The minimum atomic E-state index is -0.541. The first-order chi connectivity index (χ1) is 9.67. The average molecular weight is 292 g/mol. The van der Waals surface area contributed by atoms with E-state index in [9.17, 15) is 9.90 Å². The highest BCUT2D eigenvalue weighted by Crippen LogP contribution is 2.27. The van der Waals surface area contributed by atoms with Crippen molar-refractivity contribution in [1.82, 2.24) is 10.3 Å². The van der Waals surface area contributed by atoms with Gasteiger partial charge in [-0.15, -0.1) is 11.3 Å². The minimum Gasteiger partial charge on any atom is -0.396 e. The third kappa shape index (κ3) is 2.54. The van der Waals surface area contributed by atoms with Crippen molar-refractivity contribution in [1.29, 1.82) is 0 Å². The van der Waals surface area contributed by atoms with Crippen molar-refractivity contribution in [3.05, 3.63) is 29.3 Å². The van der Waals surface area contributed by atoms with Gasteiger partial charge in [-0.2, -0.15) is 0 Å².